The number of ether oxygens (including phenoxy) is 2. The molecule has 0 bridgehead atoms. The number of carbonyl (C=O) groups excluding carboxylic acids is 3. The SMILES string of the molecule is CNC(=O)COc1cc2cc(Nc3nc(N4CC[C@H](COc5ccc6c(C7CCC(=O)NC7=O)nn(C)c6c5)C4)ncc3Cl)ccc2n(C)c1=O. The van der Waals surface area contributed by atoms with Gasteiger partial charge in [-0.05, 0) is 49.2 Å². The largest absolute Gasteiger partial charge is 0.493 e. The Morgan fingerprint density at radius 3 is 2.71 bits per heavy atom. The van der Waals surface area contributed by atoms with Gasteiger partial charge < -0.3 is 29.6 Å². The Labute approximate surface area is 296 Å². The monoisotopic (exact) mass is 713 g/mol. The third kappa shape index (κ3) is 6.88. The fraction of sp³-hybridized carbons (Fsp3) is 0.343. The van der Waals surface area contributed by atoms with E-state index in [4.69, 9.17) is 26.1 Å². The predicted octanol–water partition coefficient (Wildman–Crippen LogP) is 3.16. The molecule has 1 unspecified atom stereocenters. The lowest BCUT2D eigenvalue weighted by Crippen LogP contribution is -2.39. The summed E-state index contributed by atoms with van der Waals surface area (Å²) in [6, 6.07) is 12.8. The van der Waals surface area contributed by atoms with Crippen LogP contribution in [0.5, 0.6) is 11.5 Å². The number of nitrogens with zero attached hydrogens (tertiary/aromatic N) is 6. The molecule has 264 valence electrons. The number of amides is 3. The van der Waals surface area contributed by atoms with Crippen LogP contribution in [0.25, 0.3) is 21.8 Å². The van der Waals surface area contributed by atoms with Gasteiger partial charge in [0.2, 0.25) is 17.8 Å². The van der Waals surface area contributed by atoms with E-state index in [9.17, 15) is 19.2 Å². The van der Waals surface area contributed by atoms with Crippen LogP contribution in [0.4, 0.5) is 17.5 Å². The van der Waals surface area contributed by atoms with Crippen molar-refractivity contribution in [3.05, 3.63) is 69.7 Å². The van der Waals surface area contributed by atoms with E-state index in [1.165, 1.54) is 11.6 Å². The Bertz CT molecular complexity index is 2250. The van der Waals surface area contributed by atoms with Gasteiger partial charge in [0, 0.05) is 69.1 Å². The molecule has 0 aliphatic carbocycles. The average molecular weight is 714 g/mol. The minimum atomic E-state index is -0.465. The zero-order valence-corrected chi connectivity index (χ0v) is 29.0. The smallest absolute Gasteiger partial charge is 0.293 e. The Morgan fingerprint density at radius 2 is 1.90 bits per heavy atom. The molecule has 3 N–H and O–H groups in total. The van der Waals surface area contributed by atoms with Gasteiger partial charge in [-0.15, -0.1) is 0 Å². The topological polar surface area (TPSA) is 175 Å². The normalized spacial score (nSPS) is 17.5. The average Bonchev–Trinajstić information content (AvgIpc) is 3.73. The van der Waals surface area contributed by atoms with Crippen LogP contribution in [0.2, 0.25) is 5.02 Å². The molecule has 0 radical (unpaired) electrons. The Balaban J connectivity index is 1.01. The van der Waals surface area contributed by atoms with Crippen molar-refractivity contribution in [1.82, 2.24) is 34.9 Å². The van der Waals surface area contributed by atoms with Crippen LogP contribution < -0.4 is 35.9 Å². The number of halogens is 1. The van der Waals surface area contributed by atoms with Crippen molar-refractivity contribution in [2.24, 2.45) is 20.0 Å². The lowest BCUT2D eigenvalue weighted by atomic mass is 9.93. The highest BCUT2D eigenvalue weighted by Crippen LogP contribution is 2.33. The van der Waals surface area contributed by atoms with E-state index in [1.807, 2.05) is 43.4 Å². The van der Waals surface area contributed by atoms with Crippen molar-refractivity contribution in [2.75, 3.05) is 43.6 Å². The van der Waals surface area contributed by atoms with Crippen molar-refractivity contribution >= 4 is 68.6 Å². The van der Waals surface area contributed by atoms with E-state index < -0.39 is 5.92 Å². The number of aryl methyl sites for hydroxylation is 2. The second kappa shape index (κ2) is 13.9. The van der Waals surface area contributed by atoms with Crippen molar-refractivity contribution in [1.29, 1.82) is 0 Å². The number of benzene rings is 2. The van der Waals surface area contributed by atoms with Gasteiger partial charge in [-0.2, -0.15) is 10.1 Å². The van der Waals surface area contributed by atoms with E-state index in [2.05, 4.69) is 30.9 Å². The number of hydrogen-bond donors (Lipinski definition) is 3. The number of anilines is 3. The molecule has 7 rings (SSSR count). The maximum Gasteiger partial charge on any atom is 0.293 e. The Morgan fingerprint density at radius 1 is 1.06 bits per heavy atom. The minimum Gasteiger partial charge on any atom is -0.493 e. The van der Waals surface area contributed by atoms with Gasteiger partial charge in [0.15, 0.2) is 18.2 Å². The number of rotatable bonds is 10. The lowest BCUT2D eigenvalue weighted by Gasteiger charge is -2.19. The van der Waals surface area contributed by atoms with Gasteiger partial charge in [-0.1, -0.05) is 11.6 Å². The second-order valence-corrected chi connectivity index (χ2v) is 13.1. The van der Waals surface area contributed by atoms with Crippen molar-refractivity contribution in [2.45, 2.75) is 25.2 Å². The number of pyridine rings is 1. The van der Waals surface area contributed by atoms with E-state index in [0.29, 0.717) is 65.4 Å². The zero-order chi connectivity index (χ0) is 35.8. The molecule has 0 saturated carbocycles. The number of nitrogens with one attached hydrogen (secondary N) is 3. The summed E-state index contributed by atoms with van der Waals surface area (Å²) in [5, 5.41) is 14.7. The molecule has 2 aliphatic rings. The molecule has 2 aliphatic heterocycles. The summed E-state index contributed by atoms with van der Waals surface area (Å²) in [6.45, 7) is 1.66. The summed E-state index contributed by atoms with van der Waals surface area (Å²) >= 11 is 6.52. The Kier molecular flexibility index (Phi) is 9.21. The Hall–Kier alpha value is -5.70. The summed E-state index contributed by atoms with van der Waals surface area (Å²) in [4.78, 5) is 59.9. The molecule has 16 heteroatoms. The maximum absolute atomic E-state index is 12.8. The first kappa shape index (κ1) is 33.8. The fourth-order valence-electron chi connectivity index (χ4n) is 6.52. The third-order valence-electron chi connectivity index (χ3n) is 9.30. The molecule has 3 aromatic heterocycles. The summed E-state index contributed by atoms with van der Waals surface area (Å²) < 4.78 is 14.9. The number of carbonyl (C=O) groups is 3. The van der Waals surface area contributed by atoms with Crippen molar-refractivity contribution < 1.29 is 23.9 Å². The maximum atomic E-state index is 12.8. The van der Waals surface area contributed by atoms with Gasteiger partial charge in [0.25, 0.3) is 11.5 Å². The molecule has 5 aromatic rings. The number of fused-ring (bicyclic) bond motifs is 2. The number of piperidine rings is 1. The highest BCUT2D eigenvalue weighted by Gasteiger charge is 2.32. The molecule has 5 heterocycles. The molecule has 2 fully saturated rings. The lowest BCUT2D eigenvalue weighted by molar-refractivity contribution is -0.134. The standard InChI is InChI=1S/C35H36ClN9O6/c1-37-30(47)18-51-28-13-20-12-21(4-8-26(20)43(2)34(28)49)39-32-25(36)15-38-35(41-32)45-11-10-19(16-45)17-50-22-5-6-23-27(14-22)44(3)42-31(23)24-7-9-29(46)40-33(24)48/h4-6,8,12-15,19,24H,7,9-11,16-18H2,1-3H3,(H,37,47)(H,38,39,41)(H,40,46,48)/t19-,24?/m0/s1. The molecule has 2 saturated heterocycles. The van der Waals surface area contributed by atoms with Crippen molar-refractivity contribution in [3.8, 4) is 11.5 Å². The molecule has 2 aromatic carbocycles. The van der Waals surface area contributed by atoms with Crippen molar-refractivity contribution in [3.63, 3.8) is 0 Å². The summed E-state index contributed by atoms with van der Waals surface area (Å²) in [5.41, 5.74) is 2.54. The van der Waals surface area contributed by atoms with Crippen LogP contribution in [-0.4, -0.2) is 75.4 Å². The first-order valence-electron chi connectivity index (χ1n) is 16.5. The summed E-state index contributed by atoms with van der Waals surface area (Å²) in [7, 11) is 4.97. The number of imide groups is 1. The molecule has 2 atom stereocenters. The van der Waals surface area contributed by atoms with Crippen LogP contribution in [0, 0.1) is 5.92 Å². The quantitative estimate of drug-likeness (QED) is 0.181. The van der Waals surface area contributed by atoms with E-state index in [0.717, 1.165) is 29.3 Å². The predicted molar refractivity (Wildman–Crippen MR) is 191 cm³/mol. The molecular weight excluding hydrogens is 678 g/mol. The summed E-state index contributed by atoms with van der Waals surface area (Å²) in [6.07, 6.45) is 3.18. The van der Waals surface area contributed by atoms with Gasteiger partial charge in [0.05, 0.1) is 35.4 Å². The van der Waals surface area contributed by atoms with Gasteiger partial charge in [0.1, 0.15) is 10.8 Å². The first-order chi connectivity index (χ1) is 24.6. The molecular formula is C35H36ClN9O6. The second-order valence-electron chi connectivity index (χ2n) is 12.7. The third-order valence-corrected chi connectivity index (χ3v) is 9.57. The van der Waals surface area contributed by atoms with E-state index >= 15 is 0 Å². The molecule has 3 amide bonds. The molecule has 15 nitrogen and oxygen atoms in total. The van der Waals surface area contributed by atoms with Crippen LogP contribution in [-0.2, 0) is 28.5 Å². The van der Waals surface area contributed by atoms with Crippen LogP contribution in [0.15, 0.2) is 53.5 Å². The minimum absolute atomic E-state index is 0.0668. The highest BCUT2D eigenvalue weighted by molar-refractivity contribution is 6.33. The number of hydrogen-bond acceptors (Lipinski definition) is 11. The summed E-state index contributed by atoms with van der Waals surface area (Å²) in [5.74, 6) is 0.598. The van der Waals surface area contributed by atoms with Crippen LogP contribution in [0.1, 0.15) is 30.9 Å². The fourth-order valence-corrected chi connectivity index (χ4v) is 6.65. The number of aromatic nitrogens is 5. The van der Waals surface area contributed by atoms with E-state index in [1.54, 1.807) is 24.0 Å². The van der Waals surface area contributed by atoms with Crippen LogP contribution in [0.3, 0.4) is 0 Å². The molecule has 0 spiro atoms. The first-order valence-corrected chi connectivity index (χ1v) is 16.9. The zero-order valence-electron chi connectivity index (χ0n) is 28.2. The van der Waals surface area contributed by atoms with Gasteiger partial charge >= 0.3 is 0 Å². The van der Waals surface area contributed by atoms with Gasteiger partial charge in [-0.25, -0.2) is 4.98 Å². The number of likely N-dealkylation sites (N-methyl/N-ethyl adjacent to an activating group) is 1. The van der Waals surface area contributed by atoms with E-state index in [-0.39, 0.29) is 41.6 Å². The molecule has 51 heavy (non-hydrogen) atoms. The van der Waals surface area contributed by atoms with Gasteiger partial charge in [-0.3, -0.25) is 29.2 Å². The van der Waals surface area contributed by atoms with Crippen LogP contribution >= 0.6 is 11.6 Å². The highest BCUT2D eigenvalue weighted by atomic mass is 35.5.